The Hall–Kier alpha value is -4.45. The molecule has 0 radical (unpaired) electrons. The topological polar surface area (TPSA) is 78.9 Å². The summed E-state index contributed by atoms with van der Waals surface area (Å²) in [6.45, 7) is 20.1. The molecule has 0 fully saturated rings. The monoisotopic (exact) mass is 552 g/mol. The highest BCUT2D eigenvalue weighted by Gasteiger charge is 2.31. The van der Waals surface area contributed by atoms with Gasteiger partial charge in [-0.25, -0.2) is 14.4 Å². The Kier molecular flexibility index (Phi) is 8.34. The number of carbonyl (C=O) groups excluding carboxylic acids is 3. The Morgan fingerprint density at radius 1 is 0.732 bits per heavy atom. The van der Waals surface area contributed by atoms with E-state index in [-0.39, 0.29) is 40.1 Å². The van der Waals surface area contributed by atoms with Crippen molar-refractivity contribution in [2.45, 2.75) is 60.0 Å². The van der Waals surface area contributed by atoms with E-state index in [1.54, 1.807) is 32.9 Å². The first kappa shape index (κ1) is 29.5. The molecule has 212 valence electrons. The predicted octanol–water partition coefficient (Wildman–Crippen LogP) is 7.13. The molecule has 2 aliphatic rings. The average Bonchev–Trinajstić information content (AvgIpc) is 3.29. The molecule has 4 rings (SSSR count). The molecule has 0 saturated carbocycles. The number of hydrogen-bond acceptors (Lipinski definition) is 6. The maximum Gasteiger partial charge on any atom is 0.338 e. The summed E-state index contributed by atoms with van der Waals surface area (Å²) in [5.74, 6) is -0.967. The number of esters is 3. The van der Waals surface area contributed by atoms with E-state index in [9.17, 15) is 14.4 Å². The number of allylic oxidation sites excluding steroid dienone is 4. The first-order chi connectivity index (χ1) is 19.2. The Morgan fingerprint density at radius 2 is 1.29 bits per heavy atom. The van der Waals surface area contributed by atoms with E-state index in [1.807, 2.05) is 0 Å². The van der Waals surface area contributed by atoms with Gasteiger partial charge in [-0.3, -0.25) is 0 Å². The van der Waals surface area contributed by atoms with Gasteiger partial charge in [0.2, 0.25) is 0 Å². The summed E-state index contributed by atoms with van der Waals surface area (Å²) in [6.07, 6.45) is 6.12. The van der Waals surface area contributed by atoms with Crippen LogP contribution in [0, 0.1) is 5.41 Å². The lowest BCUT2D eigenvalue weighted by atomic mass is 9.71. The van der Waals surface area contributed by atoms with Gasteiger partial charge in [0, 0.05) is 35.6 Å². The molecule has 0 saturated heterocycles. The highest BCUT2D eigenvalue weighted by molar-refractivity contribution is 5.91. The summed E-state index contributed by atoms with van der Waals surface area (Å²) < 4.78 is 16.6. The van der Waals surface area contributed by atoms with Gasteiger partial charge in [0.1, 0.15) is 17.6 Å². The zero-order valence-electron chi connectivity index (χ0n) is 24.4. The van der Waals surface area contributed by atoms with Gasteiger partial charge in [-0.05, 0) is 78.1 Å². The van der Waals surface area contributed by atoms with Crippen molar-refractivity contribution < 1.29 is 28.6 Å². The number of ether oxygens (including phenoxy) is 3. The highest BCUT2D eigenvalue weighted by Crippen LogP contribution is 2.47. The van der Waals surface area contributed by atoms with Gasteiger partial charge in [0.15, 0.2) is 0 Å². The number of carbonyl (C=O) groups is 3. The minimum Gasteiger partial charge on any atom is -0.458 e. The normalized spacial score (nSPS) is 17.0. The van der Waals surface area contributed by atoms with Crippen LogP contribution in [0.25, 0.3) is 11.1 Å². The lowest BCUT2D eigenvalue weighted by Crippen LogP contribution is -2.18. The fourth-order valence-corrected chi connectivity index (χ4v) is 5.07. The van der Waals surface area contributed by atoms with Gasteiger partial charge in [-0.1, -0.05) is 63.9 Å². The number of benzene rings is 2. The van der Waals surface area contributed by atoms with Crippen LogP contribution in [0.15, 0.2) is 85.0 Å². The van der Waals surface area contributed by atoms with Crippen LogP contribution in [-0.2, 0) is 32.0 Å². The molecule has 0 aliphatic heterocycles. The van der Waals surface area contributed by atoms with Crippen LogP contribution in [0.3, 0.4) is 0 Å². The Bertz CT molecular complexity index is 1500. The molecular formula is C35H36O6. The van der Waals surface area contributed by atoms with Crippen molar-refractivity contribution >= 4 is 29.1 Å². The molecule has 41 heavy (non-hydrogen) atoms. The van der Waals surface area contributed by atoms with Gasteiger partial charge < -0.3 is 14.2 Å². The molecule has 2 aromatic rings. The molecule has 0 heterocycles. The van der Waals surface area contributed by atoms with Gasteiger partial charge >= 0.3 is 17.9 Å². The second-order valence-electron chi connectivity index (χ2n) is 11.6. The van der Waals surface area contributed by atoms with E-state index in [0.717, 1.165) is 23.1 Å². The summed E-state index contributed by atoms with van der Waals surface area (Å²) in [5.41, 5.74) is 7.10. The van der Waals surface area contributed by atoms with E-state index >= 15 is 0 Å². The molecule has 0 bridgehead atoms. The van der Waals surface area contributed by atoms with Crippen LogP contribution >= 0.6 is 0 Å². The minimum absolute atomic E-state index is 0.174. The Balaban J connectivity index is 1.65. The van der Waals surface area contributed by atoms with Crippen molar-refractivity contribution in [1.29, 1.82) is 0 Å². The number of rotatable bonds is 8. The average molecular weight is 553 g/mol. The van der Waals surface area contributed by atoms with Gasteiger partial charge in [0.05, 0.1) is 0 Å². The smallest absolute Gasteiger partial charge is 0.338 e. The Morgan fingerprint density at radius 3 is 1.83 bits per heavy atom. The van der Waals surface area contributed by atoms with E-state index in [2.05, 4.69) is 63.9 Å². The summed E-state index contributed by atoms with van der Waals surface area (Å²) in [6, 6.07) is 11.5. The van der Waals surface area contributed by atoms with Crippen LogP contribution in [0.5, 0.6) is 11.5 Å². The molecule has 6 heteroatoms. The summed E-state index contributed by atoms with van der Waals surface area (Å²) in [4.78, 5) is 36.5. The van der Waals surface area contributed by atoms with Crippen LogP contribution in [0.1, 0.15) is 63.3 Å². The van der Waals surface area contributed by atoms with E-state index < -0.39 is 11.9 Å². The van der Waals surface area contributed by atoms with Crippen LogP contribution in [0.2, 0.25) is 0 Å². The van der Waals surface area contributed by atoms with Gasteiger partial charge in [-0.2, -0.15) is 0 Å². The summed E-state index contributed by atoms with van der Waals surface area (Å²) >= 11 is 0. The van der Waals surface area contributed by atoms with Crippen molar-refractivity contribution in [3.8, 4) is 11.5 Å². The Labute approximate surface area is 241 Å². The standard InChI is InChI=1S/C35H36O6/c1-20(2)32(36)39-28-14-24-10-9-23(13-26(24)15-28)25-11-12-31(35(7,8)19-25)27-16-29(40-33(37)21(3)4)18-30(17-27)41-34(38)22(5)6/h9-13,16-18,28H,1,3,5,14-15,19H2,2,4,6-8H3. The molecule has 2 aliphatic carbocycles. The minimum atomic E-state index is -0.563. The first-order valence-corrected chi connectivity index (χ1v) is 13.5. The third-order valence-electron chi connectivity index (χ3n) is 7.22. The highest BCUT2D eigenvalue weighted by atomic mass is 16.5. The van der Waals surface area contributed by atoms with Crippen molar-refractivity contribution in [2.75, 3.05) is 0 Å². The SMILES string of the molecule is C=C(C)C(=O)Oc1cc(OC(=O)C(=C)C)cc(C2=CC=C(c3ccc4c(c3)CC(OC(=O)C(=C)C)C4)CC2(C)C)c1. The maximum atomic E-state index is 12.3. The molecular weight excluding hydrogens is 516 g/mol. The fourth-order valence-electron chi connectivity index (χ4n) is 5.07. The lowest BCUT2D eigenvalue weighted by Gasteiger charge is -2.33. The van der Waals surface area contributed by atoms with Crippen molar-refractivity contribution in [3.63, 3.8) is 0 Å². The second kappa shape index (κ2) is 11.6. The van der Waals surface area contributed by atoms with Crippen LogP contribution < -0.4 is 9.47 Å². The second-order valence-corrected chi connectivity index (χ2v) is 11.6. The van der Waals surface area contributed by atoms with Gasteiger partial charge in [0.25, 0.3) is 0 Å². The molecule has 1 unspecified atom stereocenters. The molecule has 0 N–H and O–H groups in total. The van der Waals surface area contributed by atoms with E-state index in [0.29, 0.717) is 18.4 Å². The molecule has 0 aromatic heterocycles. The molecule has 1 atom stereocenters. The van der Waals surface area contributed by atoms with Crippen molar-refractivity contribution in [2.24, 2.45) is 5.41 Å². The van der Waals surface area contributed by atoms with Crippen LogP contribution in [0.4, 0.5) is 0 Å². The zero-order chi connectivity index (χ0) is 30.1. The third kappa shape index (κ3) is 6.83. The lowest BCUT2D eigenvalue weighted by molar-refractivity contribution is -0.143. The molecule has 0 amide bonds. The number of fused-ring (bicyclic) bond motifs is 1. The van der Waals surface area contributed by atoms with Crippen molar-refractivity contribution in [1.82, 2.24) is 0 Å². The third-order valence-corrected chi connectivity index (χ3v) is 7.22. The van der Waals surface area contributed by atoms with Crippen molar-refractivity contribution in [3.05, 3.63) is 107 Å². The largest absolute Gasteiger partial charge is 0.458 e. The summed E-state index contributed by atoms with van der Waals surface area (Å²) in [7, 11) is 0. The van der Waals surface area contributed by atoms with E-state index in [1.165, 1.54) is 22.8 Å². The maximum absolute atomic E-state index is 12.3. The zero-order valence-corrected chi connectivity index (χ0v) is 24.4. The van der Waals surface area contributed by atoms with E-state index in [4.69, 9.17) is 14.2 Å². The molecule has 6 nitrogen and oxygen atoms in total. The quantitative estimate of drug-likeness (QED) is 0.197. The first-order valence-electron chi connectivity index (χ1n) is 13.5. The predicted molar refractivity (Wildman–Crippen MR) is 160 cm³/mol. The fraction of sp³-hybridized carbons (Fsp3) is 0.286. The molecule has 2 aromatic carbocycles. The molecule has 0 spiro atoms. The van der Waals surface area contributed by atoms with Crippen LogP contribution in [-0.4, -0.2) is 24.0 Å². The number of hydrogen-bond donors (Lipinski definition) is 0. The van der Waals surface area contributed by atoms with Gasteiger partial charge in [-0.15, -0.1) is 0 Å². The summed E-state index contributed by atoms with van der Waals surface area (Å²) in [5, 5.41) is 0.